The molecule has 0 radical (unpaired) electrons. The highest BCUT2D eigenvalue weighted by Gasteiger charge is 2.33. The molecule has 1 aromatic carbocycles. The van der Waals surface area contributed by atoms with Crippen molar-refractivity contribution in [2.75, 3.05) is 27.0 Å². The van der Waals surface area contributed by atoms with Crippen molar-refractivity contribution < 1.29 is 9.47 Å². The second-order valence-electron chi connectivity index (χ2n) is 7.66. The smallest absolute Gasteiger partial charge is 0.147 e. The van der Waals surface area contributed by atoms with Gasteiger partial charge in [-0.15, -0.1) is 0 Å². The molecule has 1 aliphatic carbocycles. The molecule has 2 rings (SSSR count). The van der Waals surface area contributed by atoms with E-state index in [0.29, 0.717) is 25.3 Å². The zero-order chi connectivity index (χ0) is 18.9. The summed E-state index contributed by atoms with van der Waals surface area (Å²) in [6.07, 6.45) is 6.09. The van der Waals surface area contributed by atoms with Crippen LogP contribution in [0.15, 0.2) is 18.2 Å². The van der Waals surface area contributed by atoms with E-state index in [1.807, 2.05) is 0 Å². The molecule has 0 heterocycles. The van der Waals surface area contributed by atoms with Gasteiger partial charge in [0.2, 0.25) is 0 Å². The van der Waals surface area contributed by atoms with E-state index in [1.165, 1.54) is 55.5 Å². The number of hydrogen-bond donors (Lipinski definition) is 1. The Morgan fingerprint density at radius 3 is 2.58 bits per heavy atom. The normalized spacial score (nSPS) is 20.5. The van der Waals surface area contributed by atoms with Gasteiger partial charge in [0.25, 0.3) is 0 Å². The quantitative estimate of drug-likeness (QED) is 0.564. The Hall–Kier alpha value is -0.940. The van der Waals surface area contributed by atoms with Gasteiger partial charge >= 0.3 is 0 Å². The van der Waals surface area contributed by atoms with E-state index in [2.05, 4.69) is 43.9 Å². The number of fused-ring (bicyclic) bond motifs is 1. The van der Waals surface area contributed by atoms with Crippen LogP contribution in [0.5, 0.6) is 0 Å². The van der Waals surface area contributed by atoms with E-state index in [-0.39, 0.29) is 6.10 Å². The minimum atomic E-state index is 0.148. The minimum Gasteiger partial charge on any atom is -0.359 e. The van der Waals surface area contributed by atoms with Crippen molar-refractivity contribution in [3.63, 3.8) is 0 Å². The van der Waals surface area contributed by atoms with Crippen LogP contribution in [0.4, 0.5) is 0 Å². The number of nitrogens with zero attached hydrogens (tertiary/aromatic N) is 1. The Kier molecular flexibility index (Phi) is 9.06. The molecule has 0 fully saturated rings. The molecule has 4 nitrogen and oxygen atoms in total. The van der Waals surface area contributed by atoms with Crippen molar-refractivity contribution in [3.8, 4) is 0 Å². The first-order valence-corrected chi connectivity index (χ1v) is 10.3. The predicted molar refractivity (Wildman–Crippen MR) is 108 cm³/mol. The van der Waals surface area contributed by atoms with Crippen molar-refractivity contribution in [2.45, 2.75) is 71.6 Å². The lowest BCUT2D eigenvalue weighted by molar-refractivity contribution is -0.0904. The predicted octanol–water partition coefficient (Wildman–Crippen LogP) is 4.27. The maximum absolute atomic E-state index is 6.09. The molecule has 0 bridgehead atoms. The van der Waals surface area contributed by atoms with Crippen LogP contribution < -0.4 is 5.73 Å². The molecule has 3 atom stereocenters. The third-order valence-electron chi connectivity index (χ3n) is 5.63. The number of rotatable bonds is 12. The Morgan fingerprint density at radius 2 is 1.96 bits per heavy atom. The molecule has 0 amide bonds. The Morgan fingerprint density at radius 1 is 1.23 bits per heavy atom. The summed E-state index contributed by atoms with van der Waals surface area (Å²) in [5.74, 6) is 0.528. The van der Waals surface area contributed by atoms with Crippen LogP contribution >= 0.6 is 0 Å². The summed E-state index contributed by atoms with van der Waals surface area (Å²) in [4.78, 5) is 2.64. The molecule has 2 N–H and O–H groups in total. The molecule has 3 unspecified atom stereocenters. The molecule has 0 aromatic heterocycles. The highest BCUT2D eigenvalue weighted by atomic mass is 16.7. The van der Waals surface area contributed by atoms with Gasteiger partial charge in [-0.25, -0.2) is 0 Å². The molecule has 1 aliphatic rings. The lowest BCUT2D eigenvalue weighted by Crippen LogP contribution is -2.35. The SMILES string of the molecule is CCCN(CCC)C(C)CCC1Cc2cc(CN)ccc2C1OCOC. The Labute approximate surface area is 160 Å². The molecule has 1 aromatic rings. The van der Waals surface area contributed by atoms with Crippen LogP contribution in [-0.2, 0) is 22.4 Å². The average molecular weight is 363 g/mol. The minimum absolute atomic E-state index is 0.148. The van der Waals surface area contributed by atoms with Crippen LogP contribution in [-0.4, -0.2) is 37.9 Å². The maximum Gasteiger partial charge on any atom is 0.147 e. The number of ether oxygens (including phenoxy) is 2. The molecular formula is C22H38N2O2. The largest absolute Gasteiger partial charge is 0.359 e. The van der Waals surface area contributed by atoms with Crippen LogP contribution in [0, 0.1) is 5.92 Å². The highest BCUT2D eigenvalue weighted by molar-refractivity contribution is 5.38. The first-order valence-electron chi connectivity index (χ1n) is 10.3. The number of nitrogens with two attached hydrogens (primary N) is 1. The van der Waals surface area contributed by atoms with Crippen LogP contribution in [0.3, 0.4) is 0 Å². The number of benzene rings is 1. The van der Waals surface area contributed by atoms with E-state index in [1.54, 1.807) is 7.11 Å². The van der Waals surface area contributed by atoms with Crippen LogP contribution in [0.1, 0.15) is 69.2 Å². The average Bonchev–Trinajstić information content (AvgIpc) is 3.00. The lowest BCUT2D eigenvalue weighted by atomic mass is 9.94. The second kappa shape index (κ2) is 11.0. The zero-order valence-corrected chi connectivity index (χ0v) is 17.2. The van der Waals surface area contributed by atoms with Gasteiger partial charge in [-0.2, -0.15) is 0 Å². The van der Waals surface area contributed by atoms with Crippen molar-refractivity contribution in [2.24, 2.45) is 11.7 Å². The van der Waals surface area contributed by atoms with Gasteiger partial charge in [0.1, 0.15) is 6.79 Å². The second-order valence-corrected chi connectivity index (χ2v) is 7.66. The van der Waals surface area contributed by atoms with Gasteiger partial charge in [-0.05, 0) is 74.7 Å². The fraction of sp³-hybridized carbons (Fsp3) is 0.727. The van der Waals surface area contributed by atoms with Crippen molar-refractivity contribution >= 4 is 0 Å². The summed E-state index contributed by atoms with van der Waals surface area (Å²) in [7, 11) is 1.69. The molecule has 26 heavy (non-hydrogen) atoms. The zero-order valence-electron chi connectivity index (χ0n) is 17.2. The molecule has 0 saturated heterocycles. The van der Waals surface area contributed by atoms with Crippen molar-refractivity contribution in [3.05, 3.63) is 34.9 Å². The number of hydrogen-bond acceptors (Lipinski definition) is 4. The topological polar surface area (TPSA) is 47.7 Å². The van der Waals surface area contributed by atoms with Gasteiger partial charge in [-0.1, -0.05) is 32.0 Å². The summed E-state index contributed by atoms with van der Waals surface area (Å²) in [6, 6.07) is 7.24. The Bertz CT molecular complexity index is 529. The summed E-state index contributed by atoms with van der Waals surface area (Å²) in [5, 5.41) is 0. The molecule has 0 saturated carbocycles. The monoisotopic (exact) mass is 362 g/mol. The van der Waals surface area contributed by atoms with Gasteiger partial charge < -0.3 is 20.1 Å². The molecule has 0 spiro atoms. The molecule has 0 aliphatic heterocycles. The first kappa shape index (κ1) is 21.4. The third-order valence-corrected chi connectivity index (χ3v) is 5.63. The lowest BCUT2D eigenvalue weighted by Gasteiger charge is -2.30. The van der Waals surface area contributed by atoms with E-state index in [4.69, 9.17) is 15.2 Å². The van der Waals surface area contributed by atoms with Crippen molar-refractivity contribution in [1.82, 2.24) is 4.90 Å². The maximum atomic E-state index is 6.09. The van der Waals surface area contributed by atoms with Crippen LogP contribution in [0.25, 0.3) is 0 Å². The molecular weight excluding hydrogens is 324 g/mol. The van der Waals surface area contributed by atoms with E-state index < -0.39 is 0 Å². The van der Waals surface area contributed by atoms with Gasteiger partial charge in [0.05, 0.1) is 6.10 Å². The highest BCUT2D eigenvalue weighted by Crippen LogP contribution is 2.41. The summed E-state index contributed by atoms with van der Waals surface area (Å²) >= 11 is 0. The van der Waals surface area contributed by atoms with Crippen LogP contribution in [0.2, 0.25) is 0 Å². The van der Waals surface area contributed by atoms with Crippen molar-refractivity contribution in [1.29, 1.82) is 0 Å². The van der Waals surface area contributed by atoms with Gasteiger partial charge in [0.15, 0.2) is 0 Å². The Balaban J connectivity index is 2.02. The fourth-order valence-electron chi connectivity index (χ4n) is 4.27. The summed E-state index contributed by atoms with van der Waals surface area (Å²) in [6.45, 7) is 10.3. The van der Waals surface area contributed by atoms with Gasteiger partial charge in [-0.3, -0.25) is 0 Å². The first-order chi connectivity index (χ1) is 12.6. The third kappa shape index (κ3) is 5.53. The van der Waals surface area contributed by atoms with Gasteiger partial charge in [0, 0.05) is 19.7 Å². The molecule has 148 valence electrons. The van der Waals surface area contributed by atoms with E-state index in [0.717, 1.165) is 6.42 Å². The summed E-state index contributed by atoms with van der Waals surface area (Å²) < 4.78 is 11.3. The van der Waals surface area contributed by atoms with E-state index in [9.17, 15) is 0 Å². The molecule has 4 heteroatoms. The number of methoxy groups -OCH3 is 1. The standard InChI is InChI=1S/C22H38N2O2/c1-5-11-24(12-6-2)17(3)7-9-19-14-20-13-18(15-23)8-10-21(20)22(19)26-16-25-4/h8,10,13,17,19,22H,5-7,9,11-12,14-16,23H2,1-4H3. The van der Waals surface area contributed by atoms with E-state index >= 15 is 0 Å². The fourth-order valence-corrected chi connectivity index (χ4v) is 4.27. The summed E-state index contributed by atoms with van der Waals surface area (Å²) in [5.41, 5.74) is 9.77.